The van der Waals surface area contributed by atoms with Crippen molar-refractivity contribution in [3.8, 4) is 0 Å². The fourth-order valence-corrected chi connectivity index (χ4v) is 4.57. The third kappa shape index (κ3) is 4.77. The maximum Gasteiger partial charge on any atom is 0.264 e. The fraction of sp³-hybridized carbons (Fsp3) is 0.0952. The minimum atomic E-state index is -3.99. The Bertz CT molecular complexity index is 1190. The standard InChI is InChI=1S/C21H18ClFN2O3S2/c1-25(16-8-6-14(23)7-9-16)30(27,28)18-10-11-20(22)19(13-18)21(26)24-15-4-3-5-17(12-15)29-2/h3-13H,1-2H3,(H,24,26). The van der Waals surface area contributed by atoms with Gasteiger partial charge in [0.2, 0.25) is 0 Å². The Morgan fingerprint density at radius 3 is 2.43 bits per heavy atom. The first-order chi connectivity index (χ1) is 14.2. The van der Waals surface area contributed by atoms with Crippen LogP contribution in [0.2, 0.25) is 5.02 Å². The van der Waals surface area contributed by atoms with Crippen LogP contribution in [0.1, 0.15) is 10.4 Å². The van der Waals surface area contributed by atoms with Crippen LogP contribution < -0.4 is 9.62 Å². The summed E-state index contributed by atoms with van der Waals surface area (Å²) >= 11 is 7.70. The second-order valence-corrected chi connectivity index (χ2v) is 9.53. The molecule has 0 heterocycles. The van der Waals surface area contributed by atoms with Gasteiger partial charge < -0.3 is 5.32 Å². The second-order valence-electron chi connectivity index (χ2n) is 6.28. The Morgan fingerprint density at radius 1 is 1.07 bits per heavy atom. The molecule has 0 saturated heterocycles. The highest BCUT2D eigenvalue weighted by molar-refractivity contribution is 7.98. The normalized spacial score (nSPS) is 11.2. The Hall–Kier alpha value is -2.55. The number of anilines is 2. The molecular weight excluding hydrogens is 447 g/mol. The number of nitrogens with one attached hydrogen (secondary N) is 1. The molecule has 0 spiro atoms. The molecule has 0 bridgehead atoms. The quantitative estimate of drug-likeness (QED) is 0.504. The molecule has 0 fully saturated rings. The smallest absolute Gasteiger partial charge is 0.264 e. The van der Waals surface area contributed by atoms with E-state index in [0.717, 1.165) is 9.20 Å². The highest BCUT2D eigenvalue weighted by Crippen LogP contribution is 2.27. The number of thioether (sulfide) groups is 1. The zero-order valence-corrected chi connectivity index (χ0v) is 18.5. The summed E-state index contributed by atoms with van der Waals surface area (Å²) in [6.45, 7) is 0. The first-order valence-electron chi connectivity index (χ1n) is 8.72. The van der Waals surface area contributed by atoms with Crippen LogP contribution in [0.5, 0.6) is 0 Å². The van der Waals surface area contributed by atoms with E-state index in [1.165, 1.54) is 61.3 Å². The van der Waals surface area contributed by atoms with Gasteiger partial charge in [0, 0.05) is 17.6 Å². The minimum Gasteiger partial charge on any atom is -0.322 e. The minimum absolute atomic E-state index is 0.0276. The van der Waals surface area contributed by atoms with Gasteiger partial charge in [-0.1, -0.05) is 17.7 Å². The first-order valence-corrected chi connectivity index (χ1v) is 11.8. The van der Waals surface area contributed by atoms with Crippen LogP contribution in [0.25, 0.3) is 0 Å². The van der Waals surface area contributed by atoms with E-state index in [9.17, 15) is 17.6 Å². The van der Waals surface area contributed by atoms with Gasteiger partial charge in [-0.3, -0.25) is 9.10 Å². The van der Waals surface area contributed by atoms with Crippen molar-refractivity contribution in [1.82, 2.24) is 0 Å². The van der Waals surface area contributed by atoms with Gasteiger partial charge in [-0.15, -0.1) is 11.8 Å². The van der Waals surface area contributed by atoms with Crippen LogP contribution >= 0.6 is 23.4 Å². The van der Waals surface area contributed by atoms with Crippen molar-refractivity contribution in [2.75, 3.05) is 22.9 Å². The molecule has 0 atom stereocenters. The predicted molar refractivity (Wildman–Crippen MR) is 120 cm³/mol. The van der Waals surface area contributed by atoms with E-state index < -0.39 is 21.7 Å². The molecule has 3 rings (SSSR count). The summed E-state index contributed by atoms with van der Waals surface area (Å²) in [5.74, 6) is -1.000. The number of carbonyl (C=O) groups is 1. The third-order valence-corrected chi connectivity index (χ3v) is 7.20. The second kappa shape index (κ2) is 9.07. The zero-order chi connectivity index (χ0) is 21.9. The van der Waals surface area contributed by atoms with E-state index in [1.807, 2.05) is 18.4 Å². The molecule has 1 N–H and O–H groups in total. The van der Waals surface area contributed by atoms with Gasteiger partial charge in [-0.25, -0.2) is 12.8 Å². The maximum atomic E-state index is 13.2. The van der Waals surface area contributed by atoms with Crippen molar-refractivity contribution in [2.24, 2.45) is 0 Å². The molecule has 1 amide bonds. The lowest BCUT2D eigenvalue weighted by Crippen LogP contribution is -2.27. The number of hydrogen-bond donors (Lipinski definition) is 1. The summed E-state index contributed by atoms with van der Waals surface area (Å²) in [6.07, 6.45) is 1.92. The molecule has 0 unspecified atom stereocenters. The Labute approximate surface area is 183 Å². The molecular formula is C21H18ClFN2O3S2. The predicted octanol–water partition coefficient (Wildman–Crippen LogP) is 5.28. The van der Waals surface area contributed by atoms with E-state index in [1.54, 1.807) is 12.1 Å². The number of sulfonamides is 1. The lowest BCUT2D eigenvalue weighted by atomic mass is 10.2. The van der Waals surface area contributed by atoms with Crippen LogP contribution in [-0.2, 0) is 10.0 Å². The molecule has 9 heteroatoms. The highest BCUT2D eigenvalue weighted by atomic mass is 35.5. The SMILES string of the molecule is CSc1cccc(NC(=O)c2cc(S(=O)(=O)N(C)c3ccc(F)cc3)ccc2Cl)c1. The lowest BCUT2D eigenvalue weighted by molar-refractivity contribution is 0.102. The lowest BCUT2D eigenvalue weighted by Gasteiger charge is -2.20. The van der Waals surface area contributed by atoms with Crippen molar-refractivity contribution in [1.29, 1.82) is 0 Å². The summed E-state index contributed by atoms with van der Waals surface area (Å²) in [5, 5.41) is 2.85. The topological polar surface area (TPSA) is 66.5 Å². The summed E-state index contributed by atoms with van der Waals surface area (Å²) in [4.78, 5) is 13.6. The molecule has 0 radical (unpaired) electrons. The number of halogens is 2. The summed E-state index contributed by atoms with van der Waals surface area (Å²) in [6, 6.07) is 16.2. The molecule has 30 heavy (non-hydrogen) atoms. The number of hydrogen-bond acceptors (Lipinski definition) is 4. The van der Waals surface area contributed by atoms with Crippen LogP contribution in [0.4, 0.5) is 15.8 Å². The van der Waals surface area contributed by atoms with Crippen molar-refractivity contribution in [2.45, 2.75) is 9.79 Å². The van der Waals surface area contributed by atoms with Gasteiger partial charge >= 0.3 is 0 Å². The number of carbonyl (C=O) groups excluding carboxylic acids is 1. The third-order valence-electron chi connectivity index (χ3n) is 4.36. The van der Waals surface area contributed by atoms with Crippen LogP contribution in [0.3, 0.4) is 0 Å². The van der Waals surface area contributed by atoms with Crippen molar-refractivity contribution in [3.63, 3.8) is 0 Å². The molecule has 3 aromatic rings. The van der Waals surface area contributed by atoms with E-state index in [-0.39, 0.29) is 21.2 Å². The van der Waals surface area contributed by atoms with Crippen LogP contribution in [0, 0.1) is 5.82 Å². The van der Waals surface area contributed by atoms with Crippen molar-refractivity contribution in [3.05, 3.63) is 83.1 Å². The molecule has 0 saturated carbocycles. The number of nitrogens with zero attached hydrogens (tertiary/aromatic N) is 1. The Balaban J connectivity index is 1.91. The van der Waals surface area contributed by atoms with Gasteiger partial charge in [0.05, 0.1) is 21.2 Å². The molecule has 5 nitrogen and oxygen atoms in total. The largest absolute Gasteiger partial charge is 0.322 e. The highest BCUT2D eigenvalue weighted by Gasteiger charge is 2.24. The van der Waals surface area contributed by atoms with Gasteiger partial charge in [0.15, 0.2) is 0 Å². The Kier molecular flexibility index (Phi) is 6.70. The van der Waals surface area contributed by atoms with Gasteiger partial charge in [0.25, 0.3) is 15.9 Å². The zero-order valence-electron chi connectivity index (χ0n) is 16.1. The summed E-state index contributed by atoms with van der Waals surface area (Å²) in [7, 11) is -2.64. The average Bonchev–Trinajstić information content (AvgIpc) is 2.74. The Morgan fingerprint density at radius 2 is 1.77 bits per heavy atom. The molecule has 0 aliphatic rings. The average molecular weight is 465 g/mol. The van der Waals surface area contributed by atoms with Crippen molar-refractivity contribution >= 4 is 50.7 Å². The first kappa shape index (κ1) is 22.1. The molecule has 0 aromatic heterocycles. The number of rotatable bonds is 6. The molecule has 3 aromatic carbocycles. The van der Waals surface area contributed by atoms with E-state index in [2.05, 4.69) is 5.32 Å². The molecule has 156 valence electrons. The van der Waals surface area contributed by atoms with Gasteiger partial charge in [0.1, 0.15) is 5.82 Å². The van der Waals surface area contributed by atoms with Gasteiger partial charge in [-0.05, 0) is 66.9 Å². The van der Waals surface area contributed by atoms with Crippen LogP contribution in [0.15, 0.2) is 76.5 Å². The van der Waals surface area contributed by atoms with E-state index in [0.29, 0.717) is 5.69 Å². The van der Waals surface area contributed by atoms with E-state index >= 15 is 0 Å². The molecule has 0 aliphatic heterocycles. The molecule has 0 aliphatic carbocycles. The van der Waals surface area contributed by atoms with E-state index in [4.69, 9.17) is 11.6 Å². The van der Waals surface area contributed by atoms with Gasteiger partial charge in [-0.2, -0.15) is 0 Å². The number of amides is 1. The monoisotopic (exact) mass is 464 g/mol. The number of benzene rings is 3. The van der Waals surface area contributed by atoms with Crippen molar-refractivity contribution < 1.29 is 17.6 Å². The summed E-state index contributed by atoms with van der Waals surface area (Å²) < 4.78 is 40.2. The summed E-state index contributed by atoms with van der Waals surface area (Å²) in [5.41, 5.74) is 0.880. The fourth-order valence-electron chi connectivity index (χ4n) is 2.69. The maximum absolute atomic E-state index is 13.2. The van der Waals surface area contributed by atoms with Crippen LogP contribution in [-0.4, -0.2) is 27.6 Å².